The van der Waals surface area contributed by atoms with Gasteiger partial charge in [0.2, 0.25) is 0 Å². The molecule has 8 heteroatoms. The van der Waals surface area contributed by atoms with E-state index in [-0.39, 0.29) is 6.03 Å². The molecule has 1 aliphatic heterocycles. The molecule has 0 aliphatic carbocycles. The summed E-state index contributed by atoms with van der Waals surface area (Å²) >= 11 is 0. The summed E-state index contributed by atoms with van der Waals surface area (Å²) in [7, 11) is 0. The summed E-state index contributed by atoms with van der Waals surface area (Å²) in [5.41, 5.74) is 0.698. The molecule has 0 radical (unpaired) electrons. The smallest absolute Gasteiger partial charge is 0.320 e. The van der Waals surface area contributed by atoms with E-state index in [2.05, 4.69) is 15.5 Å². The van der Waals surface area contributed by atoms with Gasteiger partial charge < -0.3 is 15.3 Å². The number of amides is 2. The fourth-order valence-corrected chi connectivity index (χ4v) is 2.17. The maximum Gasteiger partial charge on any atom is 0.320 e. The van der Waals surface area contributed by atoms with Crippen LogP contribution in [-0.2, 0) is 11.3 Å². The molecule has 1 saturated heterocycles. The van der Waals surface area contributed by atoms with Crippen molar-refractivity contribution in [3.8, 4) is 0 Å². The number of nitrogens with zero attached hydrogens (tertiary/aromatic N) is 4. The van der Waals surface area contributed by atoms with E-state index in [1.807, 2.05) is 4.90 Å². The minimum absolute atomic E-state index is 0.164. The zero-order valence-corrected chi connectivity index (χ0v) is 11.9. The lowest BCUT2D eigenvalue weighted by Crippen LogP contribution is -2.55. The van der Waals surface area contributed by atoms with Gasteiger partial charge in [-0.2, -0.15) is 10.2 Å². The van der Waals surface area contributed by atoms with Crippen LogP contribution in [0.2, 0.25) is 0 Å². The number of urea groups is 1. The average molecular weight is 293 g/mol. The molecular weight excluding hydrogens is 274 g/mol. The van der Waals surface area contributed by atoms with E-state index in [4.69, 9.17) is 5.11 Å². The van der Waals surface area contributed by atoms with Crippen LogP contribution < -0.4 is 5.32 Å². The molecule has 2 heterocycles. The number of hydrogen-bond donors (Lipinski definition) is 2. The van der Waals surface area contributed by atoms with Gasteiger partial charge in [-0.15, -0.1) is 0 Å². The average Bonchev–Trinajstić information content (AvgIpc) is 2.53. The van der Waals surface area contributed by atoms with Gasteiger partial charge in [-0.1, -0.05) is 0 Å². The lowest BCUT2D eigenvalue weighted by Gasteiger charge is -2.36. The Hall–Kier alpha value is -2.22. The van der Waals surface area contributed by atoms with Crippen molar-refractivity contribution in [3.63, 3.8) is 0 Å². The van der Waals surface area contributed by atoms with Crippen molar-refractivity contribution in [2.75, 3.05) is 26.2 Å². The Bertz CT molecular complexity index is 488. The largest absolute Gasteiger partial charge is 0.480 e. The molecule has 2 amide bonds. The zero-order valence-electron chi connectivity index (χ0n) is 11.9. The van der Waals surface area contributed by atoms with E-state index in [1.165, 1.54) is 0 Å². The second kappa shape index (κ2) is 6.98. The van der Waals surface area contributed by atoms with Crippen molar-refractivity contribution in [1.29, 1.82) is 0 Å². The van der Waals surface area contributed by atoms with Gasteiger partial charge in [0.15, 0.2) is 0 Å². The van der Waals surface area contributed by atoms with Crippen LogP contribution in [0, 0.1) is 0 Å². The van der Waals surface area contributed by atoms with Crippen LogP contribution in [-0.4, -0.2) is 69.3 Å². The van der Waals surface area contributed by atoms with E-state index in [9.17, 15) is 9.59 Å². The summed E-state index contributed by atoms with van der Waals surface area (Å²) in [4.78, 5) is 26.5. The van der Waals surface area contributed by atoms with Gasteiger partial charge in [-0.05, 0) is 19.1 Å². The third-order valence-electron chi connectivity index (χ3n) is 3.55. The van der Waals surface area contributed by atoms with Crippen LogP contribution in [0.25, 0.3) is 0 Å². The Labute approximate surface area is 122 Å². The number of aromatic nitrogens is 2. The van der Waals surface area contributed by atoms with E-state index >= 15 is 0 Å². The molecule has 1 aromatic heterocycles. The molecule has 8 nitrogen and oxygen atoms in total. The van der Waals surface area contributed by atoms with Crippen molar-refractivity contribution in [2.45, 2.75) is 19.5 Å². The minimum atomic E-state index is -0.837. The van der Waals surface area contributed by atoms with Crippen LogP contribution in [0.1, 0.15) is 12.6 Å². The molecule has 1 fully saturated rings. The molecule has 1 aliphatic rings. The van der Waals surface area contributed by atoms with Gasteiger partial charge in [0.1, 0.15) is 6.04 Å². The second-order valence-corrected chi connectivity index (χ2v) is 4.91. The number of carbonyl (C=O) groups is 2. The monoisotopic (exact) mass is 293 g/mol. The molecule has 0 spiro atoms. The fourth-order valence-electron chi connectivity index (χ4n) is 2.17. The topological polar surface area (TPSA) is 98.7 Å². The molecule has 2 N–H and O–H groups in total. The van der Waals surface area contributed by atoms with Crippen molar-refractivity contribution < 1.29 is 14.7 Å². The molecular formula is C13H19N5O3. The Kier molecular flexibility index (Phi) is 5.04. The second-order valence-electron chi connectivity index (χ2n) is 4.91. The Morgan fingerprint density at radius 3 is 2.67 bits per heavy atom. The van der Waals surface area contributed by atoms with Crippen molar-refractivity contribution in [3.05, 3.63) is 24.0 Å². The number of hydrogen-bond acceptors (Lipinski definition) is 5. The highest BCUT2D eigenvalue weighted by Crippen LogP contribution is 2.07. The van der Waals surface area contributed by atoms with Gasteiger partial charge in [0.25, 0.3) is 0 Å². The number of piperazine rings is 1. The Balaban J connectivity index is 1.77. The maximum absolute atomic E-state index is 12.0. The molecule has 0 bridgehead atoms. The van der Waals surface area contributed by atoms with E-state index in [0.29, 0.717) is 38.4 Å². The lowest BCUT2D eigenvalue weighted by atomic mass is 10.2. The maximum atomic E-state index is 12.0. The highest BCUT2D eigenvalue weighted by molar-refractivity contribution is 5.74. The number of carbonyl (C=O) groups excluding carboxylic acids is 1. The molecule has 114 valence electrons. The van der Waals surface area contributed by atoms with Crippen molar-refractivity contribution in [1.82, 2.24) is 25.3 Å². The van der Waals surface area contributed by atoms with Crippen LogP contribution in [0.3, 0.4) is 0 Å². The van der Waals surface area contributed by atoms with Gasteiger partial charge in [-0.25, -0.2) is 4.79 Å². The number of aliphatic carboxylic acids is 1. The van der Waals surface area contributed by atoms with E-state index in [0.717, 1.165) is 0 Å². The summed E-state index contributed by atoms with van der Waals surface area (Å²) in [5.74, 6) is -0.837. The van der Waals surface area contributed by atoms with Gasteiger partial charge in [0, 0.05) is 32.4 Å². The summed E-state index contributed by atoms with van der Waals surface area (Å²) in [6.45, 7) is 4.15. The normalized spacial score (nSPS) is 17.3. The molecule has 2 rings (SSSR count). The van der Waals surface area contributed by atoms with Crippen molar-refractivity contribution in [2.24, 2.45) is 0 Å². The first-order valence-corrected chi connectivity index (χ1v) is 6.84. The Morgan fingerprint density at radius 2 is 2.10 bits per heavy atom. The molecule has 0 saturated carbocycles. The SMILES string of the molecule is CC(C(=O)O)N1CCN(C(=O)NCc2cccnn2)CC1. The van der Waals surface area contributed by atoms with E-state index in [1.54, 1.807) is 30.2 Å². The zero-order chi connectivity index (χ0) is 15.2. The number of nitrogens with one attached hydrogen (secondary N) is 1. The first-order valence-electron chi connectivity index (χ1n) is 6.84. The van der Waals surface area contributed by atoms with Crippen LogP contribution in [0.15, 0.2) is 18.3 Å². The third-order valence-corrected chi connectivity index (χ3v) is 3.55. The molecule has 1 atom stereocenters. The van der Waals surface area contributed by atoms with E-state index < -0.39 is 12.0 Å². The number of carboxylic acid groups (broad SMARTS) is 1. The minimum Gasteiger partial charge on any atom is -0.480 e. The summed E-state index contributed by atoms with van der Waals surface area (Å²) in [5, 5.41) is 19.4. The lowest BCUT2D eigenvalue weighted by molar-refractivity contribution is -0.143. The van der Waals surface area contributed by atoms with Crippen LogP contribution in [0.4, 0.5) is 4.79 Å². The first-order chi connectivity index (χ1) is 10.1. The van der Waals surface area contributed by atoms with Crippen molar-refractivity contribution >= 4 is 12.0 Å². The summed E-state index contributed by atoms with van der Waals surface area (Å²) in [6, 6.07) is 2.87. The summed E-state index contributed by atoms with van der Waals surface area (Å²) in [6.07, 6.45) is 1.58. The Morgan fingerprint density at radius 1 is 1.38 bits per heavy atom. The molecule has 1 unspecified atom stereocenters. The summed E-state index contributed by atoms with van der Waals surface area (Å²) < 4.78 is 0. The van der Waals surface area contributed by atoms with Gasteiger partial charge in [-0.3, -0.25) is 9.69 Å². The van der Waals surface area contributed by atoms with Crippen LogP contribution in [0.5, 0.6) is 0 Å². The van der Waals surface area contributed by atoms with Gasteiger partial charge in [0.05, 0.1) is 12.2 Å². The van der Waals surface area contributed by atoms with Gasteiger partial charge >= 0.3 is 12.0 Å². The standard InChI is InChI=1S/C13H19N5O3/c1-10(12(19)20)17-5-7-18(8-6-17)13(21)14-9-11-3-2-4-15-16-11/h2-4,10H,5-9H2,1H3,(H,14,21)(H,19,20). The van der Waals surface area contributed by atoms with Crippen LogP contribution >= 0.6 is 0 Å². The predicted molar refractivity (Wildman–Crippen MR) is 74.5 cm³/mol. The molecule has 0 aromatic carbocycles. The fraction of sp³-hybridized carbons (Fsp3) is 0.538. The number of rotatable bonds is 4. The third kappa shape index (κ3) is 4.12. The molecule has 21 heavy (non-hydrogen) atoms. The number of carboxylic acids is 1. The highest BCUT2D eigenvalue weighted by Gasteiger charge is 2.26. The predicted octanol–water partition coefficient (Wildman–Crippen LogP) is -0.223. The first kappa shape index (κ1) is 15.2. The molecule has 1 aromatic rings. The highest BCUT2D eigenvalue weighted by atomic mass is 16.4. The quantitative estimate of drug-likeness (QED) is 0.796.